The zero-order valence-electron chi connectivity index (χ0n) is 11.6. The molecule has 1 aliphatic rings. The number of hydrogen-bond acceptors (Lipinski definition) is 3. The second-order valence-electron chi connectivity index (χ2n) is 5.19. The van der Waals surface area contributed by atoms with Crippen molar-refractivity contribution < 1.29 is 4.79 Å². The lowest BCUT2D eigenvalue weighted by Gasteiger charge is -2.15. The third-order valence-corrected chi connectivity index (χ3v) is 4.53. The summed E-state index contributed by atoms with van der Waals surface area (Å²) >= 11 is 1.96. The molecule has 1 aromatic carbocycles. The summed E-state index contributed by atoms with van der Waals surface area (Å²) in [6.07, 6.45) is 2.49. The van der Waals surface area contributed by atoms with Gasteiger partial charge in [0.15, 0.2) is 0 Å². The average molecular weight is 278 g/mol. The van der Waals surface area contributed by atoms with Gasteiger partial charge in [-0.1, -0.05) is 12.1 Å². The zero-order chi connectivity index (χ0) is 13.7. The second-order valence-corrected chi connectivity index (χ2v) is 6.60. The molecule has 2 rings (SSSR count). The number of nitrogens with one attached hydrogen (secondary N) is 2. The first-order chi connectivity index (χ1) is 9.16. The van der Waals surface area contributed by atoms with Crippen LogP contribution >= 0.6 is 11.8 Å². The van der Waals surface area contributed by atoms with E-state index in [9.17, 15) is 4.79 Å². The van der Waals surface area contributed by atoms with Crippen LogP contribution in [0.1, 0.15) is 37.0 Å². The predicted molar refractivity (Wildman–Crippen MR) is 83.0 cm³/mol. The van der Waals surface area contributed by atoms with E-state index in [2.05, 4.69) is 24.5 Å². The molecule has 0 radical (unpaired) electrons. The molecule has 4 heteroatoms. The molecule has 0 aliphatic carbocycles. The van der Waals surface area contributed by atoms with Crippen molar-refractivity contribution in [1.29, 1.82) is 0 Å². The van der Waals surface area contributed by atoms with Crippen LogP contribution in [0.2, 0.25) is 0 Å². The Morgan fingerprint density at radius 1 is 1.42 bits per heavy atom. The van der Waals surface area contributed by atoms with E-state index in [1.54, 1.807) is 0 Å². The fourth-order valence-corrected chi connectivity index (χ4v) is 3.43. The monoisotopic (exact) mass is 278 g/mol. The van der Waals surface area contributed by atoms with E-state index in [1.165, 1.54) is 18.6 Å². The first-order valence-electron chi connectivity index (χ1n) is 6.92. The number of rotatable bonds is 5. The Morgan fingerprint density at radius 3 is 2.89 bits per heavy atom. The quantitative estimate of drug-likeness (QED) is 0.869. The van der Waals surface area contributed by atoms with E-state index >= 15 is 0 Å². The van der Waals surface area contributed by atoms with Gasteiger partial charge in [0.05, 0.1) is 5.56 Å². The lowest BCUT2D eigenvalue weighted by atomic mass is 10.1. The van der Waals surface area contributed by atoms with E-state index in [-0.39, 0.29) is 5.91 Å². The van der Waals surface area contributed by atoms with E-state index in [4.69, 9.17) is 0 Å². The Kier molecular flexibility index (Phi) is 5.14. The molecule has 1 amide bonds. The van der Waals surface area contributed by atoms with Crippen LogP contribution in [0, 0.1) is 0 Å². The van der Waals surface area contributed by atoms with Gasteiger partial charge in [0.2, 0.25) is 0 Å². The Hall–Kier alpha value is -1.16. The van der Waals surface area contributed by atoms with Gasteiger partial charge in [0.25, 0.3) is 5.91 Å². The Bertz CT molecular complexity index is 428. The van der Waals surface area contributed by atoms with Crippen molar-refractivity contribution in [2.45, 2.75) is 38.0 Å². The fraction of sp³-hybridized carbons (Fsp3) is 0.533. The Morgan fingerprint density at radius 2 is 2.21 bits per heavy atom. The zero-order valence-corrected chi connectivity index (χ0v) is 12.4. The van der Waals surface area contributed by atoms with Crippen molar-refractivity contribution in [2.75, 3.05) is 17.6 Å². The van der Waals surface area contributed by atoms with Crippen molar-refractivity contribution in [3.8, 4) is 0 Å². The van der Waals surface area contributed by atoms with Crippen LogP contribution < -0.4 is 10.6 Å². The minimum atomic E-state index is 0.0243. The first kappa shape index (κ1) is 14.3. The standard InChI is InChI=1S/C15H22N2OS/c1-11(2)17-14-8-4-3-7-13(14)15(18)16-10-12-6-5-9-19-12/h3-4,7-8,11-12,17H,5-6,9-10H2,1-2H3,(H,16,18). The summed E-state index contributed by atoms with van der Waals surface area (Å²) in [5.74, 6) is 1.25. The largest absolute Gasteiger partial charge is 0.382 e. The van der Waals surface area contributed by atoms with E-state index in [1.807, 2.05) is 36.0 Å². The molecule has 0 saturated carbocycles. The maximum absolute atomic E-state index is 12.2. The highest BCUT2D eigenvalue weighted by Gasteiger charge is 2.17. The van der Waals surface area contributed by atoms with Crippen LogP contribution in [-0.4, -0.2) is 29.5 Å². The molecule has 1 aliphatic heterocycles. The van der Waals surface area contributed by atoms with Crippen molar-refractivity contribution in [3.63, 3.8) is 0 Å². The van der Waals surface area contributed by atoms with Crippen molar-refractivity contribution in [2.24, 2.45) is 0 Å². The van der Waals surface area contributed by atoms with Gasteiger partial charge in [-0.05, 0) is 44.6 Å². The van der Waals surface area contributed by atoms with Gasteiger partial charge >= 0.3 is 0 Å². The van der Waals surface area contributed by atoms with Gasteiger partial charge in [-0.15, -0.1) is 0 Å². The third kappa shape index (κ3) is 4.16. The number of benzene rings is 1. The minimum Gasteiger partial charge on any atom is -0.382 e. The molecular formula is C15H22N2OS. The maximum atomic E-state index is 12.2. The fourth-order valence-electron chi connectivity index (χ4n) is 2.23. The molecule has 0 aromatic heterocycles. The van der Waals surface area contributed by atoms with Gasteiger partial charge in [0, 0.05) is 23.5 Å². The van der Waals surface area contributed by atoms with Gasteiger partial charge in [-0.3, -0.25) is 4.79 Å². The molecule has 1 heterocycles. The molecule has 1 atom stereocenters. The van der Waals surface area contributed by atoms with Crippen molar-refractivity contribution in [1.82, 2.24) is 5.32 Å². The summed E-state index contributed by atoms with van der Waals surface area (Å²) in [4.78, 5) is 12.2. The summed E-state index contributed by atoms with van der Waals surface area (Å²) < 4.78 is 0. The lowest BCUT2D eigenvalue weighted by molar-refractivity contribution is 0.0954. The SMILES string of the molecule is CC(C)Nc1ccccc1C(=O)NCC1CCCS1. The molecule has 19 heavy (non-hydrogen) atoms. The Balaban J connectivity index is 1.97. The molecule has 1 aromatic rings. The highest BCUT2D eigenvalue weighted by atomic mass is 32.2. The van der Waals surface area contributed by atoms with Gasteiger partial charge < -0.3 is 10.6 Å². The highest BCUT2D eigenvalue weighted by Crippen LogP contribution is 2.25. The normalized spacial score (nSPS) is 18.6. The third-order valence-electron chi connectivity index (χ3n) is 3.13. The number of anilines is 1. The Labute approximate surface area is 119 Å². The van der Waals surface area contributed by atoms with Crippen LogP contribution in [0.15, 0.2) is 24.3 Å². The van der Waals surface area contributed by atoms with E-state index in [0.29, 0.717) is 11.3 Å². The summed E-state index contributed by atoms with van der Waals surface area (Å²) in [7, 11) is 0. The maximum Gasteiger partial charge on any atom is 0.253 e. The number of hydrogen-bond donors (Lipinski definition) is 2. The number of para-hydroxylation sites is 1. The van der Waals surface area contributed by atoms with Crippen molar-refractivity contribution in [3.05, 3.63) is 29.8 Å². The summed E-state index contributed by atoms with van der Waals surface area (Å²) in [5, 5.41) is 6.96. The van der Waals surface area contributed by atoms with E-state index in [0.717, 1.165) is 17.8 Å². The van der Waals surface area contributed by atoms with Gasteiger partial charge in [-0.25, -0.2) is 0 Å². The van der Waals surface area contributed by atoms with Crippen molar-refractivity contribution >= 4 is 23.4 Å². The smallest absolute Gasteiger partial charge is 0.253 e. The van der Waals surface area contributed by atoms with Crippen LogP contribution in [0.4, 0.5) is 5.69 Å². The molecule has 104 valence electrons. The molecular weight excluding hydrogens is 256 g/mol. The number of carbonyl (C=O) groups is 1. The summed E-state index contributed by atoms with van der Waals surface area (Å²) in [6, 6.07) is 8.01. The van der Waals surface area contributed by atoms with Crippen LogP contribution in [0.5, 0.6) is 0 Å². The summed E-state index contributed by atoms with van der Waals surface area (Å²) in [5.41, 5.74) is 1.65. The van der Waals surface area contributed by atoms with E-state index < -0.39 is 0 Å². The van der Waals surface area contributed by atoms with Crippen LogP contribution in [0.25, 0.3) is 0 Å². The molecule has 1 saturated heterocycles. The van der Waals surface area contributed by atoms with Crippen LogP contribution in [0.3, 0.4) is 0 Å². The summed E-state index contributed by atoms with van der Waals surface area (Å²) in [6.45, 7) is 4.92. The molecule has 0 spiro atoms. The second kappa shape index (κ2) is 6.85. The molecule has 2 N–H and O–H groups in total. The molecule has 0 bridgehead atoms. The van der Waals surface area contributed by atoms with Gasteiger partial charge in [0.1, 0.15) is 0 Å². The number of carbonyl (C=O) groups excluding carboxylic acids is 1. The van der Waals surface area contributed by atoms with Gasteiger partial charge in [-0.2, -0.15) is 11.8 Å². The number of amides is 1. The number of thioether (sulfide) groups is 1. The average Bonchev–Trinajstić information content (AvgIpc) is 2.89. The highest BCUT2D eigenvalue weighted by molar-refractivity contribution is 8.00. The molecule has 3 nitrogen and oxygen atoms in total. The topological polar surface area (TPSA) is 41.1 Å². The minimum absolute atomic E-state index is 0.0243. The molecule has 1 fully saturated rings. The predicted octanol–water partition coefficient (Wildman–Crippen LogP) is 3.13. The lowest BCUT2D eigenvalue weighted by Crippen LogP contribution is -2.30. The van der Waals surface area contributed by atoms with Crippen LogP contribution in [-0.2, 0) is 0 Å². The molecule has 1 unspecified atom stereocenters. The first-order valence-corrected chi connectivity index (χ1v) is 7.97.